The van der Waals surface area contributed by atoms with Crippen molar-refractivity contribution in [1.82, 2.24) is 0 Å². The monoisotopic (exact) mass is 147 g/mol. The van der Waals surface area contributed by atoms with Crippen LogP contribution in [0.2, 0.25) is 0 Å². The summed E-state index contributed by atoms with van der Waals surface area (Å²) in [5, 5.41) is 0. The van der Waals surface area contributed by atoms with Crippen LogP contribution >= 0.6 is 0 Å². The first-order valence-electron chi connectivity index (χ1n) is 4.32. The van der Waals surface area contributed by atoms with Gasteiger partial charge in [-0.25, -0.2) is 0 Å². The Hall–Kier alpha value is -0.780. The molecule has 0 aromatic heterocycles. The zero-order valence-corrected chi connectivity index (χ0v) is 6.87. The van der Waals surface area contributed by atoms with Crippen LogP contribution in [0.5, 0.6) is 0 Å². The Labute approximate surface area is 69.3 Å². The van der Waals surface area contributed by atoms with E-state index in [9.17, 15) is 0 Å². The van der Waals surface area contributed by atoms with E-state index in [0.717, 1.165) is 0 Å². The molecule has 0 aromatic carbocycles. The van der Waals surface area contributed by atoms with Gasteiger partial charge in [0.2, 0.25) is 0 Å². The summed E-state index contributed by atoms with van der Waals surface area (Å²) >= 11 is 0. The summed E-state index contributed by atoms with van der Waals surface area (Å²) in [5.41, 5.74) is 0. The number of hydrogen-bond donors (Lipinski definition) is 0. The van der Waals surface area contributed by atoms with Crippen molar-refractivity contribution in [3.8, 4) is 0 Å². The van der Waals surface area contributed by atoms with Gasteiger partial charge in [-0.05, 0) is 25.7 Å². The van der Waals surface area contributed by atoms with E-state index in [4.69, 9.17) is 0 Å². The molecule has 0 aromatic rings. The largest absolute Gasteiger partial charge is 0.0879 e. The summed E-state index contributed by atoms with van der Waals surface area (Å²) < 4.78 is 0. The Morgan fingerprint density at radius 2 is 1.36 bits per heavy atom. The first-order chi connectivity index (χ1) is 5.50. The van der Waals surface area contributed by atoms with Crippen molar-refractivity contribution in [3.05, 3.63) is 42.9 Å². The van der Waals surface area contributed by atoms with Gasteiger partial charge in [0.05, 0.1) is 0 Å². The van der Waals surface area contributed by atoms with Crippen molar-refractivity contribution >= 4 is 0 Å². The predicted octanol–water partition coefficient (Wildman–Crippen LogP) is 3.43. The topological polar surface area (TPSA) is 0 Å². The van der Waals surface area contributed by atoms with Gasteiger partial charge in [0.1, 0.15) is 0 Å². The van der Waals surface area contributed by atoms with Gasteiger partial charge in [0, 0.05) is 6.42 Å². The second kappa shape index (κ2) is 5.96. The van der Waals surface area contributed by atoms with Crippen molar-refractivity contribution in [2.45, 2.75) is 25.7 Å². The molecule has 0 nitrogen and oxygen atoms in total. The summed E-state index contributed by atoms with van der Waals surface area (Å²) in [4.78, 5) is 0. The highest BCUT2D eigenvalue weighted by atomic mass is 13.9. The molecule has 0 aliphatic heterocycles. The normalized spacial score (nSPS) is 28.4. The Morgan fingerprint density at radius 3 is 2.18 bits per heavy atom. The van der Waals surface area contributed by atoms with Crippen LogP contribution in [-0.2, 0) is 0 Å². The van der Waals surface area contributed by atoms with Gasteiger partial charge in [0.25, 0.3) is 0 Å². The van der Waals surface area contributed by atoms with Crippen molar-refractivity contribution in [1.29, 1.82) is 0 Å². The average molecular weight is 147 g/mol. The van der Waals surface area contributed by atoms with E-state index in [-0.39, 0.29) is 0 Å². The minimum absolute atomic E-state index is 1.22. The molecule has 0 saturated heterocycles. The van der Waals surface area contributed by atoms with E-state index in [0.29, 0.717) is 0 Å². The quantitative estimate of drug-likeness (QED) is 0.492. The summed E-state index contributed by atoms with van der Waals surface area (Å²) in [6.07, 6.45) is 20.0. The molecule has 0 fully saturated rings. The number of allylic oxidation sites excluding steroid dienone is 6. The van der Waals surface area contributed by atoms with Crippen molar-refractivity contribution in [2.75, 3.05) is 0 Å². The third-order valence-corrected chi connectivity index (χ3v) is 1.71. The molecule has 0 heterocycles. The molecule has 0 amide bonds. The third-order valence-electron chi connectivity index (χ3n) is 1.71. The lowest BCUT2D eigenvalue weighted by Crippen LogP contribution is -1.71. The predicted molar refractivity (Wildman–Crippen MR) is 50.2 cm³/mol. The summed E-state index contributed by atoms with van der Waals surface area (Å²) in [5.74, 6) is 0. The van der Waals surface area contributed by atoms with Crippen LogP contribution in [0, 0.1) is 6.42 Å². The lowest BCUT2D eigenvalue weighted by molar-refractivity contribution is 0.762. The van der Waals surface area contributed by atoms with Gasteiger partial charge >= 0.3 is 0 Å². The molecule has 1 radical (unpaired) electrons. The highest BCUT2D eigenvalue weighted by Gasteiger charge is 1.83. The summed E-state index contributed by atoms with van der Waals surface area (Å²) in [6, 6.07) is 0. The third kappa shape index (κ3) is 4.60. The second-order valence-corrected chi connectivity index (χ2v) is 2.72. The van der Waals surface area contributed by atoms with Crippen LogP contribution in [0.1, 0.15) is 25.7 Å². The minimum atomic E-state index is 1.22. The van der Waals surface area contributed by atoms with E-state index >= 15 is 0 Å². The number of hydrogen-bond acceptors (Lipinski definition) is 0. The standard InChI is InChI=1S/C11H15/c1-2-4-6-8-10-11-9-7-5-3-1/h1-7H,8-11H2/b2-1+,6-4-,7-5-. The molecule has 0 unspecified atom stereocenters. The lowest BCUT2D eigenvalue weighted by Gasteiger charge is -1.90. The van der Waals surface area contributed by atoms with Crippen LogP contribution in [0.25, 0.3) is 0 Å². The Kier molecular flexibility index (Phi) is 4.51. The Bertz CT molecular complexity index is 161. The molecule has 0 N–H and O–H groups in total. The maximum atomic E-state index is 2.23. The van der Waals surface area contributed by atoms with Crippen LogP contribution in [0.4, 0.5) is 0 Å². The van der Waals surface area contributed by atoms with Gasteiger partial charge in [-0.3, -0.25) is 0 Å². The van der Waals surface area contributed by atoms with E-state index < -0.39 is 0 Å². The molecule has 1 aliphatic carbocycles. The van der Waals surface area contributed by atoms with E-state index in [2.05, 4.69) is 42.9 Å². The van der Waals surface area contributed by atoms with E-state index in [1.165, 1.54) is 25.7 Å². The van der Waals surface area contributed by atoms with Gasteiger partial charge in [0.15, 0.2) is 0 Å². The molecule has 1 rings (SSSR count). The molecule has 0 bridgehead atoms. The van der Waals surface area contributed by atoms with Gasteiger partial charge < -0.3 is 0 Å². The number of rotatable bonds is 0. The van der Waals surface area contributed by atoms with Crippen LogP contribution < -0.4 is 0 Å². The molecule has 1 aliphatic rings. The first kappa shape index (κ1) is 8.32. The van der Waals surface area contributed by atoms with Gasteiger partial charge in [-0.1, -0.05) is 36.5 Å². The molecular weight excluding hydrogens is 132 g/mol. The highest BCUT2D eigenvalue weighted by Crippen LogP contribution is 2.03. The van der Waals surface area contributed by atoms with Crippen LogP contribution in [0.15, 0.2) is 36.5 Å². The van der Waals surface area contributed by atoms with Crippen molar-refractivity contribution in [3.63, 3.8) is 0 Å². The molecule has 0 spiro atoms. The minimum Gasteiger partial charge on any atom is -0.0879 e. The van der Waals surface area contributed by atoms with Crippen LogP contribution in [0.3, 0.4) is 0 Å². The second-order valence-electron chi connectivity index (χ2n) is 2.72. The van der Waals surface area contributed by atoms with E-state index in [1.807, 2.05) is 0 Å². The molecule has 59 valence electrons. The Balaban J connectivity index is 2.35. The van der Waals surface area contributed by atoms with Crippen molar-refractivity contribution < 1.29 is 0 Å². The fraction of sp³-hybridized carbons (Fsp3) is 0.364. The fourth-order valence-electron chi connectivity index (χ4n) is 1.07. The fourth-order valence-corrected chi connectivity index (χ4v) is 1.07. The zero-order valence-electron chi connectivity index (χ0n) is 6.87. The zero-order chi connectivity index (χ0) is 7.78. The summed E-state index contributed by atoms with van der Waals surface area (Å²) in [7, 11) is 0. The molecule has 0 atom stereocenters. The molecular formula is C11H15. The maximum Gasteiger partial charge on any atom is 0.00473 e. The smallest absolute Gasteiger partial charge is 0.00473 e. The van der Waals surface area contributed by atoms with Gasteiger partial charge in [-0.15, -0.1) is 0 Å². The summed E-state index contributed by atoms with van der Waals surface area (Å²) in [6.45, 7) is 0. The van der Waals surface area contributed by atoms with Gasteiger partial charge in [-0.2, -0.15) is 0 Å². The molecule has 0 saturated carbocycles. The lowest BCUT2D eigenvalue weighted by atomic mass is 10.2. The first-order valence-corrected chi connectivity index (χ1v) is 4.32. The Morgan fingerprint density at radius 1 is 0.636 bits per heavy atom. The van der Waals surface area contributed by atoms with Crippen molar-refractivity contribution in [2.24, 2.45) is 0 Å². The van der Waals surface area contributed by atoms with Crippen LogP contribution in [-0.4, -0.2) is 0 Å². The average Bonchev–Trinajstić information content (AvgIpc) is 2.08. The molecule has 0 heteroatoms. The van der Waals surface area contributed by atoms with E-state index in [1.54, 1.807) is 0 Å². The SMILES string of the molecule is [CH]1/C=C\CCCC/C=C\C=C\1. The maximum absolute atomic E-state index is 2.23. The highest BCUT2D eigenvalue weighted by molar-refractivity contribution is 5.14. The molecule has 11 heavy (non-hydrogen) atoms.